The van der Waals surface area contributed by atoms with Gasteiger partial charge in [-0.2, -0.15) is 0 Å². The van der Waals surface area contributed by atoms with Gasteiger partial charge in [0.25, 0.3) is 5.91 Å². The molecule has 1 fully saturated rings. The maximum Gasteiger partial charge on any atom is 0.343 e. The highest BCUT2D eigenvalue weighted by molar-refractivity contribution is 5.94. The molecule has 0 aromatic heterocycles. The van der Waals surface area contributed by atoms with Gasteiger partial charge in [-0.1, -0.05) is 0 Å². The molecule has 156 valence electrons. The summed E-state index contributed by atoms with van der Waals surface area (Å²) < 4.78 is 10.3. The van der Waals surface area contributed by atoms with Gasteiger partial charge in [-0.3, -0.25) is 10.2 Å². The van der Waals surface area contributed by atoms with Crippen LogP contribution in [0.3, 0.4) is 0 Å². The number of carbonyl (C=O) groups is 3. The molecule has 1 aliphatic rings. The Hall–Kier alpha value is -3.88. The summed E-state index contributed by atoms with van der Waals surface area (Å²) in [6.45, 7) is -0.333. The van der Waals surface area contributed by atoms with Crippen LogP contribution in [0.2, 0.25) is 0 Å². The van der Waals surface area contributed by atoms with Crippen molar-refractivity contribution in [3.63, 3.8) is 0 Å². The van der Waals surface area contributed by atoms with Crippen molar-refractivity contribution in [2.24, 2.45) is 5.73 Å². The van der Waals surface area contributed by atoms with E-state index in [0.29, 0.717) is 11.3 Å². The topological polar surface area (TPSA) is 144 Å². The highest BCUT2D eigenvalue weighted by Gasteiger charge is 2.20. The number of nitrogens with one attached hydrogen (secondary N) is 3. The molecule has 3 rings (SSSR count). The van der Waals surface area contributed by atoms with E-state index in [9.17, 15) is 14.4 Å². The van der Waals surface area contributed by atoms with E-state index in [2.05, 4.69) is 10.6 Å². The molecule has 2 aromatic carbocycles. The van der Waals surface area contributed by atoms with Crippen molar-refractivity contribution >= 4 is 29.5 Å². The van der Waals surface area contributed by atoms with Gasteiger partial charge in [-0.05, 0) is 67.8 Å². The predicted molar refractivity (Wildman–Crippen MR) is 109 cm³/mol. The number of nitrogens with two attached hydrogens (primary N) is 1. The average molecular weight is 410 g/mol. The normalized spacial score (nSPS) is 12.9. The third-order valence-electron chi connectivity index (χ3n) is 4.50. The number of hydrogen-bond donors (Lipinski definition) is 4. The smallest absolute Gasteiger partial charge is 0.343 e. The molecule has 0 atom stereocenters. The maximum absolute atomic E-state index is 12.2. The first-order chi connectivity index (χ1) is 14.4. The molecule has 0 saturated heterocycles. The summed E-state index contributed by atoms with van der Waals surface area (Å²) in [5.74, 6) is -1.48. The van der Waals surface area contributed by atoms with E-state index in [1.807, 2.05) is 0 Å². The Kier molecular flexibility index (Phi) is 6.63. The second kappa shape index (κ2) is 9.55. The monoisotopic (exact) mass is 410 g/mol. The average Bonchev–Trinajstić information content (AvgIpc) is 2.69. The minimum absolute atomic E-state index is 0.187. The summed E-state index contributed by atoms with van der Waals surface area (Å²) in [6.07, 6.45) is 3.02. The summed E-state index contributed by atoms with van der Waals surface area (Å²) in [7, 11) is 0. The second-order valence-electron chi connectivity index (χ2n) is 6.80. The zero-order valence-electron chi connectivity index (χ0n) is 16.1. The fraction of sp³-hybridized carbons (Fsp3) is 0.238. The molecule has 0 heterocycles. The van der Waals surface area contributed by atoms with Gasteiger partial charge >= 0.3 is 11.9 Å². The molecular formula is C21H22N4O5. The van der Waals surface area contributed by atoms with Gasteiger partial charge in [0.2, 0.25) is 0 Å². The van der Waals surface area contributed by atoms with Crippen LogP contribution in [-0.2, 0) is 9.53 Å². The van der Waals surface area contributed by atoms with Crippen molar-refractivity contribution in [2.45, 2.75) is 25.3 Å². The lowest BCUT2D eigenvalue weighted by Crippen LogP contribution is -2.41. The minimum Gasteiger partial charge on any atom is -0.452 e. The summed E-state index contributed by atoms with van der Waals surface area (Å²) in [5.41, 5.74) is 6.37. The molecular weight excluding hydrogens is 388 g/mol. The summed E-state index contributed by atoms with van der Waals surface area (Å²) in [5, 5.41) is 12.6. The van der Waals surface area contributed by atoms with Crippen LogP contribution < -0.4 is 21.1 Å². The molecule has 0 bridgehead atoms. The molecule has 5 N–H and O–H groups in total. The Labute approximate surface area is 173 Å². The number of amides is 1. The van der Waals surface area contributed by atoms with Crippen LogP contribution in [0.25, 0.3) is 0 Å². The van der Waals surface area contributed by atoms with Gasteiger partial charge in [0.05, 0.1) is 11.1 Å². The Morgan fingerprint density at radius 2 is 1.57 bits per heavy atom. The fourth-order valence-corrected chi connectivity index (χ4v) is 2.71. The first-order valence-corrected chi connectivity index (χ1v) is 9.40. The molecule has 1 aliphatic carbocycles. The Morgan fingerprint density at radius 1 is 0.967 bits per heavy atom. The van der Waals surface area contributed by atoms with E-state index in [1.165, 1.54) is 36.4 Å². The second-order valence-corrected chi connectivity index (χ2v) is 6.80. The van der Waals surface area contributed by atoms with E-state index >= 15 is 0 Å². The van der Waals surface area contributed by atoms with Crippen LogP contribution in [0.1, 0.15) is 40.0 Å². The van der Waals surface area contributed by atoms with Crippen molar-refractivity contribution < 1.29 is 23.9 Å². The number of carbonyl (C=O) groups excluding carboxylic acids is 3. The quantitative estimate of drug-likeness (QED) is 0.237. The van der Waals surface area contributed by atoms with E-state index in [1.54, 1.807) is 12.1 Å². The van der Waals surface area contributed by atoms with Gasteiger partial charge in [0.15, 0.2) is 12.6 Å². The number of esters is 2. The number of hydrogen-bond acceptors (Lipinski definition) is 6. The third kappa shape index (κ3) is 5.81. The van der Waals surface area contributed by atoms with Crippen LogP contribution >= 0.6 is 0 Å². The number of rotatable bonds is 7. The van der Waals surface area contributed by atoms with Gasteiger partial charge in [-0.15, -0.1) is 0 Å². The lowest BCUT2D eigenvalue weighted by Gasteiger charge is -2.26. The minimum atomic E-state index is -0.634. The summed E-state index contributed by atoms with van der Waals surface area (Å²) >= 11 is 0. The highest BCUT2D eigenvalue weighted by atomic mass is 16.5. The molecule has 2 aromatic rings. The molecule has 1 saturated carbocycles. The molecule has 0 unspecified atom stereocenters. The van der Waals surface area contributed by atoms with E-state index < -0.39 is 11.9 Å². The van der Waals surface area contributed by atoms with Crippen molar-refractivity contribution in [1.82, 2.24) is 5.32 Å². The van der Waals surface area contributed by atoms with Gasteiger partial charge in [-0.25, -0.2) is 9.59 Å². The SMILES string of the molecule is N=C(N)Nc1ccc(C(=O)Oc2ccc(C(=O)OCC(=O)NC3CCC3)cc2)cc1. The number of anilines is 1. The summed E-state index contributed by atoms with van der Waals surface area (Å²) in [4.78, 5) is 36.0. The molecule has 0 radical (unpaired) electrons. The Bertz CT molecular complexity index is 937. The van der Waals surface area contributed by atoms with Crippen LogP contribution in [0.5, 0.6) is 5.75 Å². The van der Waals surface area contributed by atoms with Crippen LogP contribution in [0.4, 0.5) is 5.69 Å². The van der Waals surface area contributed by atoms with Crippen LogP contribution in [0.15, 0.2) is 48.5 Å². The first kappa shape index (κ1) is 20.8. The van der Waals surface area contributed by atoms with Crippen molar-refractivity contribution in [3.05, 3.63) is 59.7 Å². The molecule has 9 heteroatoms. The van der Waals surface area contributed by atoms with Crippen molar-refractivity contribution in [1.29, 1.82) is 5.41 Å². The highest BCUT2D eigenvalue weighted by Crippen LogP contribution is 2.18. The standard InChI is InChI=1S/C21H22N4O5/c22-21(23)25-16-8-4-14(5-9-16)20(28)30-17-10-6-13(7-11-17)19(27)29-12-18(26)24-15-2-1-3-15/h4-11,15H,1-3,12H2,(H,24,26)(H4,22,23,25). The molecule has 1 amide bonds. The fourth-order valence-electron chi connectivity index (χ4n) is 2.71. The van der Waals surface area contributed by atoms with Crippen molar-refractivity contribution in [2.75, 3.05) is 11.9 Å². The number of guanidine groups is 1. The first-order valence-electron chi connectivity index (χ1n) is 9.40. The maximum atomic E-state index is 12.2. The molecule has 0 aliphatic heterocycles. The van der Waals surface area contributed by atoms with Gasteiger partial charge < -0.3 is 25.8 Å². The third-order valence-corrected chi connectivity index (χ3v) is 4.50. The largest absolute Gasteiger partial charge is 0.452 e. The summed E-state index contributed by atoms with van der Waals surface area (Å²) in [6, 6.07) is 12.3. The Morgan fingerprint density at radius 3 is 2.13 bits per heavy atom. The van der Waals surface area contributed by atoms with Crippen LogP contribution in [0, 0.1) is 5.41 Å². The Balaban J connectivity index is 1.49. The molecule has 9 nitrogen and oxygen atoms in total. The number of ether oxygens (including phenoxy) is 2. The predicted octanol–water partition coefficient (Wildman–Crippen LogP) is 2.04. The van der Waals surface area contributed by atoms with E-state index in [0.717, 1.165) is 19.3 Å². The van der Waals surface area contributed by atoms with Crippen molar-refractivity contribution in [3.8, 4) is 5.75 Å². The zero-order valence-corrected chi connectivity index (χ0v) is 16.1. The van der Waals surface area contributed by atoms with Gasteiger partial charge in [0.1, 0.15) is 5.75 Å². The lowest BCUT2D eigenvalue weighted by atomic mass is 9.93. The van der Waals surface area contributed by atoms with E-state index in [-0.39, 0.29) is 35.8 Å². The number of benzene rings is 2. The molecule has 30 heavy (non-hydrogen) atoms. The van der Waals surface area contributed by atoms with E-state index in [4.69, 9.17) is 20.6 Å². The molecule has 0 spiro atoms. The van der Waals surface area contributed by atoms with Gasteiger partial charge in [0, 0.05) is 11.7 Å². The lowest BCUT2D eigenvalue weighted by molar-refractivity contribution is -0.125. The van der Waals surface area contributed by atoms with Crippen LogP contribution in [-0.4, -0.2) is 36.5 Å². The zero-order chi connectivity index (χ0) is 21.5.